The zero-order valence-corrected chi connectivity index (χ0v) is 16.2. The Bertz CT molecular complexity index is 763. The summed E-state index contributed by atoms with van der Waals surface area (Å²) in [6.07, 6.45) is -0.597. The third-order valence-electron chi connectivity index (χ3n) is 4.45. The molecule has 6 heteroatoms. The lowest BCUT2D eigenvalue weighted by Crippen LogP contribution is -2.36. The lowest BCUT2D eigenvalue weighted by Gasteiger charge is -2.26. The predicted octanol–water partition coefficient (Wildman–Crippen LogP) is 3.26. The summed E-state index contributed by atoms with van der Waals surface area (Å²) in [7, 11) is 0. The first kappa shape index (κ1) is 19.7. The van der Waals surface area contributed by atoms with Gasteiger partial charge >= 0.3 is 0 Å². The van der Waals surface area contributed by atoms with E-state index >= 15 is 0 Å². The molecule has 0 aliphatic carbocycles. The second-order valence-electron chi connectivity index (χ2n) is 6.64. The van der Waals surface area contributed by atoms with E-state index in [0.717, 1.165) is 38.4 Å². The summed E-state index contributed by atoms with van der Waals surface area (Å²) in [5.74, 6) is 0.422. The normalized spacial score (nSPS) is 15.9. The van der Waals surface area contributed by atoms with Gasteiger partial charge in [-0.3, -0.25) is 9.69 Å². The van der Waals surface area contributed by atoms with Crippen LogP contribution in [0.15, 0.2) is 48.5 Å². The zero-order chi connectivity index (χ0) is 19.1. The number of rotatable bonds is 7. The molecule has 1 saturated heterocycles. The van der Waals surface area contributed by atoms with Crippen LogP contribution in [0.25, 0.3) is 0 Å². The molecule has 1 aliphatic heterocycles. The first-order valence-electron chi connectivity index (χ1n) is 9.18. The van der Waals surface area contributed by atoms with E-state index in [4.69, 9.17) is 21.1 Å². The SMILES string of the molecule is C[C@H](Oc1cccc(Cl)c1)C(=O)NCc1cccc(CN2CCOCC2)c1. The number of carbonyl (C=O) groups is 1. The van der Waals surface area contributed by atoms with Crippen molar-refractivity contribution in [3.63, 3.8) is 0 Å². The summed E-state index contributed by atoms with van der Waals surface area (Å²) in [6.45, 7) is 6.60. The van der Waals surface area contributed by atoms with Crippen molar-refractivity contribution in [1.29, 1.82) is 0 Å². The highest BCUT2D eigenvalue weighted by Gasteiger charge is 2.15. The van der Waals surface area contributed by atoms with Crippen LogP contribution < -0.4 is 10.1 Å². The molecule has 2 aromatic rings. The minimum Gasteiger partial charge on any atom is -0.481 e. The van der Waals surface area contributed by atoms with E-state index in [1.165, 1.54) is 5.56 Å². The van der Waals surface area contributed by atoms with Gasteiger partial charge in [0.1, 0.15) is 5.75 Å². The first-order chi connectivity index (χ1) is 13.1. The molecule has 144 valence electrons. The summed E-state index contributed by atoms with van der Waals surface area (Å²) in [6, 6.07) is 15.3. The minimum atomic E-state index is -0.597. The summed E-state index contributed by atoms with van der Waals surface area (Å²) in [4.78, 5) is 14.7. The summed E-state index contributed by atoms with van der Waals surface area (Å²) in [5, 5.41) is 3.51. The highest BCUT2D eigenvalue weighted by molar-refractivity contribution is 6.30. The smallest absolute Gasteiger partial charge is 0.261 e. The van der Waals surface area contributed by atoms with Gasteiger partial charge in [-0.15, -0.1) is 0 Å². The Hall–Kier alpha value is -2.08. The number of nitrogens with one attached hydrogen (secondary N) is 1. The number of carbonyl (C=O) groups excluding carboxylic acids is 1. The fourth-order valence-electron chi connectivity index (χ4n) is 2.99. The molecule has 1 amide bonds. The van der Waals surface area contributed by atoms with E-state index in [1.807, 2.05) is 12.1 Å². The van der Waals surface area contributed by atoms with E-state index in [1.54, 1.807) is 31.2 Å². The molecule has 1 fully saturated rings. The second kappa shape index (κ2) is 9.74. The maximum atomic E-state index is 12.3. The van der Waals surface area contributed by atoms with Gasteiger partial charge in [-0.2, -0.15) is 0 Å². The van der Waals surface area contributed by atoms with Gasteiger partial charge in [0.2, 0.25) is 0 Å². The molecule has 2 aromatic carbocycles. The Morgan fingerprint density at radius 1 is 1.19 bits per heavy atom. The van der Waals surface area contributed by atoms with Crippen molar-refractivity contribution in [1.82, 2.24) is 10.2 Å². The number of morpholine rings is 1. The van der Waals surface area contributed by atoms with Crippen LogP contribution in [0.1, 0.15) is 18.1 Å². The van der Waals surface area contributed by atoms with Gasteiger partial charge in [-0.1, -0.05) is 41.9 Å². The van der Waals surface area contributed by atoms with Crippen molar-refractivity contribution in [2.45, 2.75) is 26.1 Å². The van der Waals surface area contributed by atoms with Gasteiger partial charge in [0, 0.05) is 31.2 Å². The van der Waals surface area contributed by atoms with Crippen LogP contribution in [-0.2, 0) is 22.6 Å². The quantitative estimate of drug-likeness (QED) is 0.791. The van der Waals surface area contributed by atoms with E-state index in [-0.39, 0.29) is 5.91 Å². The third-order valence-corrected chi connectivity index (χ3v) is 4.68. The molecule has 0 unspecified atom stereocenters. The molecule has 0 bridgehead atoms. The van der Waals surface area contributed by atoms with E-state index in [0.29, 0.717) is 17.3 Å². The number of hydrogen-bond acceptors (Lipinski definition) is 4. The standard InChI is InChI=1S/C21H25ClN2O3/c1-16(27-20-7-3-6-19(22)13-20)21(25)23-14-17-4-2-5-18(12-17)15-24-8-10-26-11-9-24/h2-7,12-13,16H,8-11,14-15H2,1H3,(H,23,25)/t16-/m0/s1. The van der Waals surface area contributed by atoms with Gasteiger partial charge in [0.25, 0.3) is 5.91 Å². The number of ether oxygens (including phenoxy) is 2. The van der Waals surface area contributed by atoms with Crippen LogP contribution in [0.4, 0.5) is 0 Å². The van der Waals surface area contributed by atoms with Crippen LogP contribution in [0.3, 0.4) is 0 Å². The predicted molar refractivity (Wildman–Crippen MR) is 106 cm³/mol. The maximum absolute atomic E-state index is 12.3. The number of nitrogens with zero attached hydrogens (tertiary/aromatic N) is 1. The van der Waals surface area contributed by atoms with Crippen molar-refractivity contribution in [3.8, 4) is 5.75 Å². The van der Waals surface area contributed by atoms with Crippen LogP contribution >= 0.6 is 11.6 Å². The molecule has 0 saturated carbocycles. The average Bonchev–Trinajstić information content (AvgIpc) is 2.67. The Balaban J connectivity index is 1.49. The monoisotopic (exact) mass is 388 g/mol. The molecule has 0 aromatic heterocycles. The average molecular weight is 389 g/mol. The van der Waals surface area contributed by atoms with E-state index in [2.05, 4.69) is 22.3 Å². The van der Waals surface area contributed by atoms with Crippen molar-refractivity contribution in [2.24, 2.45) is 0 Å². The molecule has 1 aliphatic rings. The molecular formula is C21H25ClN2O3. The van der Waals surface area contributed by atoms with E-state index in [9.17, 15) is 4.79 Å². The lowest BCUT2D eigenvalue weighted by atomic mass is 10.1. The van der Waals surface area contributed by atoms with Crippen molar-refractivity contribution in [3.05, 3.63) is 64.7 Å². The fraction of sp³-hybridized carbons (Fsp3) is 0.381. The summed E-state index contributed by atoms with van der Waals surface area (Å²) >= 11 is 5.94. The number of amides is 1. The third kappa shape index (κ3) is 6.24. The van der Waals surface area contributed by atoms with Crippen LogP contribution in [0.5, 0.6) is 5.75 Å². The first-order valence-corrected chi connectivity index (χ1v) is 9.56. The van der Waals surface area contributed by atoms with Gasteiger partial charge in [0.05, 0.1) is 13.2 Å². The van der Waals surface area contributed by atoms with Gasteiger partial charge in [-0.25, -0.2) is 0 Å². The topological polar surface area (TPSA) is 50.8 Å². The molecule has 5 nitrogen and oxygen atoms in total. The highest BCUT2D eigenvalue weighted by Crippen LogP contribution is 2.18. The summed E-state index contributed by atoms with van der Waals surface area (Å²) < 4.78 is 11.0. The number of halogens is 1. The maximum Gasteiger partial charge on any atom is 0.261 e. The molecule has 1 heterocycles. The van der Waals surface area contributed by atoms with Crippen molar-refractivity contribution >= 4 is 17.5 Å². The molecule has 1 atom stereocenters. The van der Waals surface area contributed by atoms with E-state index < -0.39 is 6.10 Å². The lowest BCUT2D eigenvalue weighted by molar-refractivity contribution is -0.127. The van der Waals surface area contributed by atoms with Crippen LogP contribution in [0, 0.1) is 0 Å². The van der Waals surface area contributed by atoms with Crippen molar-refractivity contribution < 1.29 is 14.3 Å². The van der Waals surface area contributed by atoms with Gasteiger partial charge in [-0.05, 0) is 36.2 Å². The molecule has 0 spiro atoms. The molecular weight excluding hydrogens is 364 g/mol. The van der Waals surface area contributed by atoms with Crippen LogP contribution in [0.2, 0.25) is 5.02 Å². The van der Waals surface area contributed by atoms with Gasteiger partial charge < -0.3 is 14.8 Å². The molecule has 1 N–H and O–H groups in total. The summed E-state index contributed by atoms with van der Waals surface area (Å²) in [5.41, 5.74) is 2.32. The minimum absolute atomic E-state index is 0.159. The van der Waals surface area contributed by atoms with Crippen LogP contribution in [-0.4, -0.2) is 43.2 Å². The second-order valence-corrected chi connectivity index (χ2v) is 7.08. The Morgan fingerprint density at radius 3 is 2.70 bits per heavy atom. The Labute approximate surface area is 165 Å². The number of hydrogen-bond donors (Lipinski definition) is 1. The van der Waals surface area contributed by atoms with Crippen molar-refractivity contribution in [2.75, 3.05) is 26.3 Å². The molecule has 0 radical (unpaired) electrons. The Kier molecular flexibility index (Phi) is 7.10. The largest absolute Gasteiger partial charge is 0.481 e. The fourth-order valence-corrected chi connectivity index (χ4v) is 3.17. The zero-order valence-electron chi connectivity index (χ0n) is 15.5. The molecule has 27 heavy (non-hydrogen) atoms. The van der Waals surface area contributed by atoms with Gasteiger partial charge in [0.15, 0.2) is 6.10 Å². The Morgan fingerprint density at radius 2 is 1.93 bits per heavy atom. The molecule has 3 rings (SSSR count). The highest BCUT2D eigenvalue weighted by atomic mass is 35.5. The number of benzene rings is 2.